The molecule has 2 amide bonds. The third-order valence-electron chi connectivity index (χ3n) is 5.37. The fourth-order valence-electron chi connectivity index (χ4n) is 3.48. The molecule has 27 heavy (non-hydrogen) atoms. The zero-order chi connectivity index (χ0) is 19.7. The fourth-order valence-corrected chi connectivity index (χ4v) is 5.09. The maximum atomic E-state index is 12.6. The minimum Gasteiger partial charge on any atom is -0.325 e. The zero-order valence-electron chi connectivity index (χ0n) is 15.5. The summed E-state index contributed by atoms with van der Waals surface area (Å²) in [7, 11) is -3.29. The Labute approximate surface area is 160 Å². The van der Waals surface area contributed by atoms with Crippen molar-refractivity contribution in [2.75, 3.05) is 25.0 Å². The Morgan fingerprint density at radius 1 is 1.19 bits per heavy atom. The second-order valence-corrected chi connectivity index (χ2v) is 9.20. The topological polar surface area (TPSA) is 86.8 Å². The smallest absolute Gasteiger partial charge is 0.250 e. The van der Waals surface area contributed by atoms with Crippen molar-refractivity contribution in [2.24, 2.45) is 0 Å². The fraction of sp³-hybridized carbons (Fsp3) is 0.474. The Morgan fingerprint density at radius 3 is 2.33 bits per heavy atom. The van der Waals surface area contributed by atoms with Crippen molar-refractivity contribution in [1.29, 1.82) is 0 Å². The van der Waals surface area contributed by atoms with Gasteiger partial charge in [0.05, 0.1) is 5.75 Å². The Balaban J connectivity index is 1.63. The summed E-state index contributed by atoms with van der Waals surface area (Å²) in [4.78, 5) is 25.9. The quantitative estimate of drug-likeness (QED) is 0.748. The lowest BCUT2D eigenvalue weighted by Crippen LogP contribution is -2.65. The number of carbonyl (C=O) groups is 2. The highest BCUT2D eigenvalue weighted by atomic mass is 32.2. The van der Waals surface area contributed by atoms with E-state index in [0.717, 1.165) is 12.8 Å². The summed E-state index contributed by atoms with van der Waals surface area (Å²) in [5, 5.41) is 2.81. The standard InChI is InChI=1S/C19H25N3O4S/c1-3-17(23)22-13-10-19(22,2)18(24)20-16-8-6-15(7-9-16)14-27(25,26)21-11-4-5-12-21/h3,6-9H,1,4-5,10-14H2,2H3,(H,20,24). The van der Waals surface area contributed by atoms with Gasteiger partial charge in [-0.2, -0.15) is 0 Å². The third-order valence-corrected chi connectivity index (χ3v) is 7.22. The molecule has 2 aliphatic rings. The number of rotatable bonds is 6. The summed E-state index contributed by atoms with van der Waals surface area (Å²) in [5.41, 5.74) is 0.364. The molecule has 2 saturated heterocycles. The van der Waals surface area contributed by atoms with Crippen molar-refractivity contribution in [3.05, 3.63) is 42.5 Å². The van der Waals surface area contributed by atoms with E-state index in [1.807, 2.05) is 0 Å². The van der Waals surface area contributed by atoms with Crippen LogP contribution >= 0.6 is 0 Å². The van der Waals surface area contributed by atoms with E-state index >= 15 is 0 Å². The molecule has 2 aliphatic heterocycles. The van der Waals surface area contributed by atoms with Crippen LogP contribution in [-0.2, 0) is 25.4 Å². The molecule has 1 N–H and O–H groups in total. The molecule has 0 bridgehead atoms. The van der Waals surface area contributed by atoms with E-state index in [2.05, 4.69) is 11.9 Å². The van der Waals surface area contributed by atoms with Gasteiger partial charge in [-0.3, -0.25) is 9.59 Å². The third kappa shape index (κ3) is 3.91. The van der Waals surface area contributed by atoms with Crippen LogP contribution in [0.15, 0.2) is 36.9 Å². The molecular weight excluding hydrogens is 366 g/mol. The first-order valence-corrected chi connectivity index (χ1v) is 10.7. The van der Waals surface area contributed by atoms with Crippen molar-refractivity contribution in [3.63, 3.8) is 0 Å². The SMILES string of the molecule is C=CC(=O)N1CCC1(C)C(=O)Nc1ccc(CS(=O)(=O)N2CCCC2)cc1. The summed E-state index contributed by atoms with van der Waals surface area (Å²) in [6.07, 6.45) is 3.62. The van der Waals surface area contributed by atoms with Crippen molar-refractivity contribution >= 4 is 27.5 Å². The largest absolute Gasteiger partial charge is 0.325 e. The van der Waals surface area contributed by atoms with Crippen molar-refractivity contribution in [3.8, 4) is 0 Å². The van der Waals surface area contributed by atoms with Gasteiger partial charge in [0.2, 0.25) is 21.8 Å². The summed E-state index contributed by atoms with van der Waals surface area (Å²) < 4.78 is 26.3. The average molecular weight is 391 g/mol. The van der Waals surface area contributed by atoms with Gasteiger partial charge < -0.3 is 10.2 Å². The van der Waals surface area contributed by atoms with Gasteiger partial charge in [0.1, 0.15) is 5.54 Å². The van der Waals surface area contributed by atoms with E-state index < -0.39 is 15.6 Å². The molecule has 1 aromatic carbocycles. The van der Waals surface area contributed by atoms with Gasteiger partial charge in [-0.15, -0.1) is 0 Å². The van der Waals surface area contributed by atoms with Crippen LogP contribution in [-0.4, -0.2) is 54.6 Å². The first-order valence-electron chi connectivity index (χ1n) is 9.08. The van der Waals surface area contributed by atoms with E-state index in [1.54, 1.807) is 31.2 Å². The van der Waals surface area contributed by atoms with Crippen LogP contribution in [0, 0.1) is 0 Å². The van der Waals surface area contributed by atoms with Crippen molar-refractivity contribution < 1.29 is 18.0 Å². The number of anilines is 1. The minimum atomic E-state index is -3.29. The van der Waals surface area contributed by atoms with Crippen LogP contribution in [0.4, 0.5) is 5.69 Å². The van der Waals surface area contributed by atoms with E-state index in [4.69, 9.17) is 0 Å². The summed E-state index contributed by atoms with van der Waals surface area (Å²) in [6, 6.07) is 6.79. The molecule has 2 heterocycles. The zero-order valence-corrected chi connectivity index (χ0v) is 16.3. The first-order chi connectivity index (χ1) is 12.8. The summed E-state index contributed by atoms with van der Waals surface area (Å²) in [5.74, 6) is -0.566. The highest BCUT2D eigenvalue weighted by molar-refractivity contribution is 7.88. The lowest BCUT2D eigenvalue weighted by atomic mass is 9.85. The Kier molecular flexibility index (Phi) is 5.39. The van der Waals surface area contributed by atoms with Crippen LogP contribution in [0.1, 0.15) is 31.7 Å². The number of amides is 2. The lowest BCUT2D eigenvalue weighted by Gasteiger charge is -2.48. The number of carbonyl (C=O) groups excluding carboxylic acids is 2. The molecule has 2 fully saturated rings. The molecule has 1 unspecified atom stereocenters. The molecule has 0 spiro atoms. The van der Waals surface area contributed by atoms with Gasteiger partial charge in [0, 0.05) is 25.3 Å². The number of hydrogen-bond donors (Lipinski definition) is 1. The van der Waals surface area contributed by atoms with Gasteiger partial charge in [0.15, 0.2) is 0 Å². The van der Waals surface area contributed by atoms with E-state index in [0.29, 0.717) is 37.3 Å². The maximum absolute atomic E-state index is 12.6. The average Bonchev–Trinajstić information content (AvgIpc) is 3.17. The Bertz CT molecular complexity index is 844. The van der Waals surface area contributed by atoms with Gasteiger partial charge in [-0.25, -0.2) is 12.7 Å². The number of sulfonamides is 1. The summed E-state index contributed by atoms with van der Waals surface area (Å²) >= 11 is 0. The van der Waals surface area contributed by atoms with Crippen LogP contribution in [0.2, 0.25) is 0 Å². The number of hydrogen-bond acceptors (Lipinski definition) is 4. The molecule has 0 aromatic heterocycles. The lowest BCUT2D eigenvalue weighted by molar-refractivity contribution is -0.150. The van der Waals surface area contributed by atoms with Crippen molar-refractivity contribution in [2.45, 2.75) is 37.5 Å². The van der Waals surface area contributed by atoms with Crippen molar-refractivity contribution in [1.82, 2.24) is 9.21 Å². The predicted octanol–water partition coefficient (Wildman–Crippen LogP) is 1.73. The van der Waals surface area contributed by atoms with Gasteiger partial charge in [-0.05, 0) is 50.0 Å². The molecule has 0 saturated carbocycles. The van der Waals surface area contributed by atoms with Crippen LogP contribution in [0.5, 0.6) is 0 Å². The number of benzene rings is 1. The van der Waals surface area contributed by atoms with Crippen LogP contribution < -0.4 is 5.32 Å². The maximum Gasteiger partial charge on any atom is 0.250 e. The molecule has 146 valence electrons. The highest BCUT2D eigenvalue weighted by Crippen LogP contribution is 2.32. The molecule has 3 rings (SSSR count). The Morgan fingerprint density at radius 2 is 1.81 bits per heavy atom. The van der Waals surface area contributed by atoms with Gasteiger partial charge >= 0.3 is 0 Å². The normalized spacial score (nSPS) is 22.9. The molecule has 8 heteroatoms. The minimum absolute atomic E-state index is 0.0411. The second-order valence-electron chi connectivity index (χ2n) is 7.23. The van der Waals surface area contributed by atoms with Gasteiger partial charge in [0.25, 0.3) is 0 Å². The number of nitrogens with zero attached hydrogens (tertiary/aromatic N) is 2. The number of likely N-dealkylation sites (tertiary alicyclic amines) is 1. The molecule has 1 aromatic rings. The molecule has 0 radical (unpaired) electrons. The van der Waals surface area contributed by atoms with Crippen LogP contribution in [0.3, 0.4) is 0 Å². The van der Waals surface area contributed by atoms with E-state index in [1.165, 1.54) is 15.3 Å². The molecule has 1 atom stereocenters. The van der Waals surface area contributed by atoms with Gasteiger partial charge in [-0.1, -0.05) is 18.7 Å². The van der Waals surface area contributed by atoms with Crippen LogP contribution in [0.25, 0.3) is 0 Å². The van der Waals surface area contributed by atoms with E-state index in [-0.39, 0.29) is 17.6 Å². The first kappa shape index (κ1) is 19.6. The summed E-state index contributed by atoms with van der Waals surface area (Å²) in [6.45, 7) is 6.91. The number of nitrogens with one attached hydrogen (secondary N) is 1. The predicted molar refractivity (Wildman–Crippen MR) is 103 cm³/mol. The van der Waals surface area contributed by atoms with E-state index in [9.17, 15) is 18.0 Å². The Hall–Kier alpha value is -2.19. The molecule has 7 nitrogen and oxygen atoms in total. The monoisotopic (exact) mass is 391 g/mol. The second kappa shape index (κ2) is 7.44. The highest BCUT2D eigenvalue weighted by Gasteiger charge is 2.48. The molecule has 0 aliphatic carbocycles. The molecular formula is C19H25N3O4S.